The van der Waals surface area contributed by atoms with Gasteiger partial charge in [-0.15, -0.1) is 0 Å². The first-order valence-electron chi connectivity index (χ1n) is 8.28. The Bertz CT molecular complexity index is 409. The van der Waals surface area contributed by atoms with Crippen molar-refractivity contribution in [2.45, 2.75) is 45.2 Å². The van der Waals surface area contributed by atoms with E-state index < -0.39 is 0 Å². The molecule has 2 unspecified atom stereocenters. The van der Waals surface area contributed by atoms with Crippen molar-refractivity contribution in [2.75, 3.05) is 32.8 Å². The third kappa shape index (κ3) is 4.53. The number of rotatable bonds is 7. The van der Waals surface area contributed by atoms with Crippen molar-refractivity contribution in [1.29, 1.82) is 0 Å². The van der Waals surface area contributed by atoms with Gasteiger partial charge in [-0.1, -0.05) is 37.3 Å². The molecule has 1 fully saturated rings. The molecule has 1 N–H and O–H groups in total. The van der Waals surface area contributed by atoms with Crippen molar-refractivity contribution < 1.29 is 4.74 Å². The molecule has 118 valence electrons. The van der Waals surface area contributed by atoms with Crippen LogP contribution >= 0.6 is 0 Å². The Balaban J connectivity index is 1.94. The molecule has 1 saturated heterocycles. The maximum Gasteiger partial charge on any atom is 0.0593 e. The summed E-state index contributed by atoms with van der Waals surface area (Å²) in [5, 5.41) is 3.75. The average molecular weight is 290 g/mol. The standard InChI is InChI=1S/C18H30N2O/c1-4-18(3)15-19-17(13-16-9-7-6-8-10-16)14-20(18)11-12-21-5-2/h6-10,17,19H,4-5,11-15H2,1-3H3. The molecule has 0 radical (unpaired) electrons. The number of piperazine rings is 1. The van der Waals surface area contributed by atoms with Crippen LogP contribution in [0.5, 0.6) is 0 Å². The second-order valence-corrected chi connectivity index (χ2v) is 6.26. The van der Waals surface area contributed by atoms with Gasteiger partial charge >= 0.3 is 0 Å². The first-order valence-corrected chi connectivity index (χ1v) is 8.28. The quantitative estimate of drug-likeness (QED) is 0.782. The Kier molecular flexibility index (Phi) is 6.22. The van der Waals surface area contributed by atoms with Crippen LogP contribution in [0, 0.1) is 0 Å². The maximum atomic E-state index is 5.57. The molecule has 0 saturated carbocycles. The normalized spacial score (nSPS) is 26.9. The number of hydrogen-bond donors (Lipinski definition) is 1. The smallest absolute Gasteiger partial charge is 0.0593 e. The van der Waals surface area contributed by atoms with Crippen LogP contribution in [-0.2, 0) is 11.2 Å². The molecule has 1 aliphatic heterocycles. The van der Waals surface area contributed by atoms with Gasteiger partial charge in [-0.2, -0.15) is 0 Å². The topological polar surface area (TPSA) is 24.5 Å². The molecule has 0 spiro atoms. The predicted octanol–water partition coefficient (Wildman–Crippen LogP) is 2.71. The van der Waals surface area contributed by atoms with Crippen LogP contribution < -0.4 is 5.32 Å². The number of ether oxygens (including phenoxy) is 1. The van der Waals surface area contributed by atoms with Crippen LogP contribution in [0.2, 0.25) is 0 Å². The van der Waals surface area contributed by atoms with Crippen molar-refractivity contribution in [3.05, 3.63) is 35.9 Å². The Morgan fingerprint density at radius 1 is 1.29 bits per heavy atom. The highest BCUT2D eigenvalue weighted by atomic mass is 16.5. The maximum absolute atomic E-state index is 5.57. The van der Waals surface area contributed by atoms with Crippen LogP contribution in [0.1, 0.15) is 32.8 Å². The minimum Gasteiger partial charge on any atom is -0.380 e. The fraction of sp³-hybridized carbons (Fsp3) is 0.667. The van der Waals surface area contributed by atoms with E-state index in [-0.39, 0.29) is 5.54 Å². The molecule has 2 rings (SSSR count). The van der Waals surface area contributed by atoms with Gasteiger partial charge < -0.3 is 10.1 Å². The highest BCUT2D eigenvalue weighted by Gasteiger charge is 2.35. The van der Waals surface area contributed by atoms with E-state index in [2.05, 4.69) is 61.3 Å². The predicted molar refractivity (Wildman–Crippen MR) is 88.7 cm³/mol. The summed E-state index contributed by atoms with van der Waals surface area (Å²) in [4.78, 5) is 2.62. The molecule has 0 amide bonds. The summed E-state index contributed by atoms with van der Waals surface area (Å²) < 4.78 is 5.57. The Morgan fingerprint density at radius 3 is 2.71 bits per heavy atom. The van der Waals surface area contributed by atoms with Crippen LogP contribution in [0.25, 0.3) is 0 Å². The molecule has 0 aliphatic carbocycles. The van der Waals surface area contributed by atoms with Gasteiger partial charge in [-0.25, -0.2) is 0 Å². The van der Waals surface area contributed by atoms with Crippen molar-refractivity contribution in [1.82, 2.24) is 10.2 Å². The summed E-state index contributed by atoms with van der Waals surface area (Å²) in [6.07, 6.45) is 2.27. The van der Waals surface area contributed by atoms with E-state index in [1.807, 2.05) is 0 Å². The van der Waals surface area contributed by atoms with E-state index >= 15 is 0 Å². The fourth-order valence-electron chi connectivity index (χ4n) is 3.09. The van der Waals surface area contributed by atoms with Crippen LogP contribution in [0.4, 0.5) is 0 Å². The average Bonchev–Trinajstić information content (AvgIpc) is 2.52. The van der Waals surface area contributed by atoms with Crippen molar-refractivity contribution in [3.63, 3.8) is 0 Å². The highest BCUT2D eigenvalue weighted by molar-refractivity contribution is 5.16. The third-order valence-electron chi connectivity index (χ3n) is 4.77. The van der Waals surface area contributed by atoms with E-state index in [1.165, 1.54) is 12.0 Å². The molecule has 1 aliphatic rings. The Morgan fingerprint density at radius 2 is 2.05 bits per heavy atom. The minimum absolute atomic E-state index is 0.254. The lowest BCUT2D eigenvalue weighted by Crippen LogP contribution is -2.64. The first kappa shape index (κ1) is 16.5. The van der Waals surface area contributed by atoms with E-state index in [0.29, 0.717) is 6.04 Å². The summed E-state index contributed by atoms with van der Waals surface area (Å²) in [6, 6.07) is 11.3. The van der Waals surface area contributed by atoms with Gasteiger partial charge in [0, 0.05) is 37.8 Å². The molecule has 0 aromatic heterocycles. The van der Waals surface area contributed by atoms with E-state index in [1.54, 1.807) is 0 Å². The summed E-state index contributed by atoms with van der Waals surface area (Å²) in [5.41, 5.74) is 1.67. The molecular weight excluding hydrogens is 260 g/mol. The Labute approximate surface area is 129 Å². The number of nitrogens with one attached hydrogen (secondary N) is 1. The summed E-state index contributed by atoms with van der Waals surface area (Å²) in [5.74, 6) is 0. The second-order valence-electron chi connectivity index (χ2n) is 6.26. The SMILES string of the molecule is CCOCCN1CC(Cc2ccccc2)NCC1(C)CC. The first-order chi connectivity index (χ1) is 10.2. The van der Waals surface area contributed by atoms with Crippen LogP contribution in [0.3, 0.4) is 0 Å². The van der Waals surface area contributed by atoms with Gasteiger partial charge in [0.05, 0.1) is 6.61 Å². The van der Waals surface area contributed by atoms with Crippen LogP contribution in [0.15, 0.2) is 30.3 Å². The molecule has 21 heavy (non-hydrogen) atoms. The molecule has 1 aromatic rings. The van der Waals surface area contributed by atoms with E-state index in [9.17, 15) is 0 Å². The lowest BCUT2D eigenvalue weighted by Gasteiger charge is -2.48. The van der Waals surface area contributed by atoms with Gasteiger partial charge in [-0.3, -0.25) is 4.90 Å². The zero-order valence-corrected chi connectivity index (χ0v) is 13.8. The van der Waals surface area contributed by atoms with Gasteiger partial charge in [0.15, 0.2) is 0 Å². The van der Waals surface area contributed by atoms with Gasteiger partial charge in [0.25, 0.3) is 0 Å². The van der Waals surface area contributed by atoms with Gasteiger partial charge in [0.1, 0.15) is 0 Å². The second kappa shape index (κ2) is 7.92. The monoisotopic (exact) mass is 290 g/mol. The van der Waals surface area contributed by atoms with E-state index in [0.717, 1.165) is 39.3 Å². The van der Waals surface area contributed by atoms with Crippen molar-refractivity contribution in [3.8, 4) is 0 Å². The fourth-order valence-corrected chi connectivity index (χ4v) is 3.09. The zero-order chi connectivity index (χ0) is 15.1. The van der Waals surface area contributed by atoms with E-state index in [4.69, 9.17) is 4.74 Å². The molecule has 1 heterocycles. The Hall–Kier alpha value is -0.900. The molecule has 3 nitrogen and oxygen atoms in total. The zero-order valence-electron chi connectivity index (χ0n) is 13.8. The van der Waals surface area contributed by atoms with Crippen LogP contribution in [-0.4, -0.2) is 49.3 Å². The molecule has 3 heteroatoms. The third-order valence-corrected chi connectivity index (χ3v) is 4.77. The van der Waals surface area contributed by atoms with Crippen molar-refractivity contribution in [2.24, 2.45) is 0 Å². The lowest BCUT2D eigenvalue weighted by atomic mass is 9.90. The number of benzene rings is 1. The number of nitrogens with zero attached hydrogens (tertiary/aromatic N) is 1. The summed E-state index contributed by atoms with van der Waals surface area (Å²) in [6.45, 7) is 11.6. The molecule has 0 bridgehead atoms. The minimum atomic E-state index is 0.254. The van der Waals surface area contributed by atoms with Crippen molar-refractivity contribution >= 4 is 0 Å². The van der Waals surface area contributed by atoms with Gasteiger partial charge in [-0.05, 0) is 32.3 Å². The largest absolute Gasteiger partial charge is 0.380 e. The summed E-state index contributed by atoms with van der Waals surface area (Å²) in [7, 11) is 0. The highest BCUT2D eigenvalue weighted by Crippen LogP contribution is 2.23. The lowest BCUT2D eigenvalue weighted by molar-refractivity contribution is 0.0193. The number of hydrogen-bond acceptors (Lipinski definition) is 3. The van der Waals surface area contributed by atoms with Gasteiger partial charge in [0.2, 0.25) is 0 Å². The molecule has 2 atom stereocenters. The summed E-state index contributed by atoms with van der Waals surface area (Å²) >= 11 is 0. The molecule has 1 aromatic carbocycles. The molecular formula is C18H30N2O.